The maximum absolute atomic E-state index is 5.60. The van der Waals surface area contributed by atoms with E-state index in [2.05, 4.69) is 44.3 Å². The minimum atomic E-state index is 0.159. The third-order valence-corrected chi connectivity index (χ3v) is 3.32. The van der Waals surface area contributed by atoms with Crippen LogP contribution in [0.15, 0.2) is 28.9 Å². The molecule has 0 amide bonds. The van der Waals surface area contributed by atoms with Crippen LogP contribution in [0.25, 0.3) is 11.0 Å². The Morgan fingerprint density at radius 2 is 2.05 bits per heavy atom. The molecule has 3 heteroatoms. The summed E-state index contributed by atoms with van der Waals surface area (Å²) in [5.41, 5.74) is 3.65. The fourth-order valence-corrected chi connectivity index (χ4v) is 2.08. The van der Waals surface area contributed by atoms with Crippen molar-refractivity contribution in [3.05, 3.63) is 35.6 Å². The summed E-state index contributed by atoms with van der Waals surface area (Å²) in [7, 11) is 1.71. The lowest BCUT2D eigenvalue weighted by Crippen LogP contribution is -2.18. The molecule has 1 aromatic heterocycles. The Morgan fingerprint density at radius 3 is 2.74 bits per heavy atom. The zero-order valence-corrected chi connectivity index (χ0v) is 12.2. The van der Waals surface area contributed by atoms with Gasteiger partial charge in [-0.15, -0.1) is 0 Å². The first-order chi connectivity index (χ1) is 9.02. The van der Waals surface area contributed by atoms with Gasteiger partial charge in [0.2, 0.25) is 0 Å². The predicted molar refractivity (Wildman–Crippen MR) is 78.5 cm³/mol. The Labute approximate surface area is 114 Å². The Morgan fingerprint density at radius 1 is 1.26 bits per heavy atom. The predicted octanol–water partition coefficient (Wildman–Crippen LogP) is 3.47. The minimum Gasteiger partial charge on any atom is -0.464 e. The number of hydrogen-bond donors (Lipinski definition) is 1. The van der Waals surface area contributed by atoms with Gasteiger partial charge in [-0.2, -0.15) is 0 Å². The van der Waals surface area contributed by atoms with Gasteiger partial charge in [0.1, 0.15) is 5.58 Å². The molecule has 104 valence electrons. The van der Waals surface area contributed by atoms with Crippen molar-refractivity contribution in [1.29, 1.82) is 0 Å². The largest absolute Gasteiger partial charge is 0.464 e. The molecular formula is C16H23NO2. The SMILES string of the molecule is COCCNCc1coc2ccc(C(C)(C)C)cc12. The lowest BCUT2D eigenvalue weighted by molar-refractivity contribution is 0.199. The van der Waals surface area contributed by atoms with Gasteiger partial charge in [0.25, 0.3) is 0 Å². The fourth-order valence-electron chi connectivity index (χ4n) is 2.08. The average Bonchev–Trinajstić information content (AvgIpc) is 2.76. The number of nitrogens with one attached hydrogen (secondary N) is 1. The van der Waals surface area contributed by atoms with Crippen LogP contribution in [0.3, 0.4) is 0 Å². The number of ether oxygens (including phenoxy) is 1. The second kappa shape index (κ2) is 5.76. The van der Waals surface area contributed by atoms with Crippen molar-refractivity contribution in [3.8, 4) is 0 Å². The van der Waals surface area contributed by atoms with E-state index >= 15 is 0 Å². The van der Waals surface area contributed by atoms with E-state index in [-0.39, 0.29) is 5.41 Å². The number of furan rings is 1. The third kappa shape index (κ3) is 3.37. The zero-order chi connectivity index (χ0) is 13.9. The molecule has 1 N–H and O–H groups in total. The highest BCUT2D eigenvalue weighted by atomic mass is 16.5. The van der Waals surface area contributed by atoms with E-state index in [0.29, 0.717) is 0 Å². The van der Waals surface area contributed by atoms with Gasteiger partial charge in [0.05, 0.1) is 12.9 Å². The Kier molecular flexibility index (Phi) is 4.27. The summed E-state index contributed by atoms with van der Waals surface area (Å²) in [5.74, 6) is 0. The molecule has 1 heterocycles. The molecule has 0 atom stereocenters. The Balaban J connectivity index is 2.20. The first kappa shape index (κ1) is 14.1. The first-order valence-electron chi connectivity index (χ1n) is 6.72. The second-order valence-electron chi connectivity index (χ2n) is 5.89. The van der Waals surface area contributed by atoms with Crippen molar-refractivity contribution in [2.24, 2.45) is 0 Å². The van der Waals surface area contributed by atoms with E-state index in [1.54, 1.807) is 7.11 Å². The smallest absolute Gasteiger partial charge is 0.134 e. The highest BCUT2D eigenvalue weighted by molar-refractivity contribution is 5.82. The molecule has 19 heavy (non-hydrogen) atoms. The molecule has 0 spiro atoms. The van der Waals surface area contributed by atoms with Gasteiger partial charge in [0.15, 0.2) is 0 Å². The molecule has 0 fully saturated rings. The van der Waals surface area contributed by atoms with Gasteiger partial charge in [-0.1, -0.05) is 26.8 Å². The van der Waals surface area contributed by atoms with E-state index in [4.69, 9.17) is 9.15 Å². The average molecular weight is 261 g/mol. The van der Waals surface area contributed by atoms with Crippen molar-refractivity contribution in [2.75, 3.05) is 20.3 Å². The summed E-state index contributed by atoms with van der Waals surface area (Å²) in [5, 5.41) is 4.56. The molecule has 0 saturated carbocycles. The van der Waals surface area contributed by atoms with Crippen molar-refractivity contribution in [2.45, 2.75) is 32.7 Å². The van der Waals surface area contributed by atoms with E-state index < -0.39 is 0 Å². The standard InChI is InChI=1S/C16H23NO2/c1-16(2,3)13-5-6-15-14(9-13)12(11-19-15)10-17-7-8-18-4/h5-6,9,11,17H,7-8,10H2,1-4H3. The van der Waals surface area contributed by atoms with Crippen LogP contribution in [0, 0.1) is 0 Å². The summed E-state index contributed by atoms with van der Waals surface area (Å²) < 4.78 is 10.6. The van der Waals surface area contributed by atoms with Crippen LogP contribution in [0.4, 0.5) is 0 Å². The van der Waals surface area contributed by atoms with Crippen LogP contribution in [0.2, 0.25) is 0 Å². The molecule has 0 aliphatic rings. The normalized spacial score (nSPS) is 12.2. The summed E-state index contributed by atoms with van der Waals surface area (Å²) in [4.78, 5) is 0. The van der Waals surface area contributed by atoms with Crippen molar-refractivity contribution >= 4 is 11.0 Å². The van der Waals surface area contributed by atoms with E-state index in [1.807, 2.05) is 6.26 Å². The lowest BCUT2D eigenvalue weighted by atomic mass is 9.86. The summed E-state index contributed by atoms with van der Waals surface area (Å²) in [6.45, 7) is 9.06. The number of rotatable bonds is 5. The fraction of sp³-hybridized carbons (Fsp3) is 0.500. The molecule has 0 radical (unpaired) electrons. The van der Waals surface area contributed by atoms with Crippen molar-refractivity contribution in [3.63, 3.8) is 0 Å². The summed E-state index contributed by atoms with van der Waals surface area (Å²) in [6.07, 6.45) is 1.84. The molecule has 2 rings (SSSR count). The van der Waals surface area contributed by atoms with Gasteiger partial charge in [-0.25, -0.2) is 0 Å². The molecule has 0 bridgehead atoms. The monoisotopic (exact) mass is 261 g/mol. The molecular weight excluding hydrogens is 238 g/mol. The first-order valence-corrected chi connectivity index (χ1v) is 6.72. The zero-order valence-electron chi connectivity index (χ0n) is 12.2. The van der Waals surface area contributed by atoms with Crippen LogP contribution in [-0.2, 0) is 16.7 Å². The Bertz CT molecular complexity index is 537. The number of hydrogen-bond acceptors (Lipinski definition) is 3. The maximum Gasteiger partial charge on any atom is 0.134 e. The van der Waals surface area contributed by atoms with Gasteiger partial charge in [-0.05, 0) is 23.1 Å². The van der Waals surface area contributed by atoms with Crippen LogP contribution >= 0.6 is 0 Å². The molecule has 0 saturated heterocycles. The quantitative estimate of drug-likeness (QED) is 0.837. The molecule has 0 aliphatic heterocycles. The summed E-state index contributed by atoms with van der Waals surface area (Å²) >= 11 is 0. The van der Waals surface area contributed by atoms with Crippen LogP contribution in [0.5, 0.6) is 0 Å². The van der Waals surface area contributed by atoms with E-state index in [0.717, 1.165) is 25.3 Å². The topological polar surface area (TPSA) is 34.4 Å². The molecule has 0 unspecified atom stereocenters. The van der Waals surface area contributed by atoms with Crippen LogP contribution in [0.1, 0.15) is 31.9 Å². The van der Waals surface area contributed by atoms with Crippen molar-refractivity contribution in [1.82, 2.24) is 5.32 Å². The molecule has 1 aromatic carbocycles. The van der Waals surface area contributed by atoms with Gasteiger partial charge >= 0.3 is 0 Å². The lowest BCUT2D eigenvalue weighted by Gasteiger charge is -2.18. The second-order valence-corrected chi connectivity index (χ2v) is 5.89. The van der Waals surface area contributed by atoms with Crippen molar-refractivity contribution < 1.29 is 9.15 Å². The summed E-state index contributed by atoms with van der Waals surface area (Å²) in [6, 6.07) is 6.45. The van der Waals surface area contributed by atoms with Gasteiger partial charge in [-0.3, -0.25) is 0 Å². The van der Waals surface area contributed by atoms with Gasteiger partial charge in [0, 0.05) is 31.1 Å². The number of fused-ring (bicyclic) bond motifs is 1. The van der Waals surface area contributed by atoms with Crippen LogP contribution in [-0.4, -0.2) is 20.3 Å². The highest BCUT2D eigenvalue weighted by Gasteiger charge is 2.15. The molecule has 2 aromatic rings. The third-order valence-electron chi connectivity index (χ3n) is 3.32. The van der Waals surface area contributed by atoms with E-state index in [9.17, 15) is 0 Å². The maximum atomic E-state index is 5.60. The molecule has 3 nitrogen and oxygen atoms in total. The Hall–Kier alpha value is -1.32. The highest BCUT2D eigenvalue weighted by Crippen LogP contribution is 2.28. The van der Waals surface area contributed by atoms with Crippen LogP contribution < -0.4 is 5.32 Å². The molecule has 0 aliphatic carbocycles. The number of benzene rings is 1. The minimum absolute atomic E-state index is 0.159. The van der Waals surface area contributed by atoms with Gasteiger partial charge < -0.3 is 14.5 Å². The number of methoxy groups -OCH3 is 1. The van der Waals surface area contributed by atoms with E-state index in [1.165, 1.54) is 16.5 Å².